The molecule has 0 saturated carbocycles. The number of rotatable bonds is 6. The third kappa shape index (κ3) is 4.33. The number of imidazole rings is 1. The molecule has 192 valence electrons. The minimum absolute atomic E-state index is 0.0190. The van der Waals surface area contributed by atoms with Crippen molar-refractivity contribution < 1.29 is 12.8 Å². The molecule has 5 aromatic heterocycles. The minimum atomic E-state index is -3.42. The number of H-pyrrole nitrogens is 2. The first kappa shape index (κ1) is 23.9. The molecule has 38 heavy (non-hydrogen) atoms. The van der Waals surface area contributed by atoms with Gasteiger partial charge in [0.2, 0.25) is 10.0 Å². The first-order valence-electron chi connectivity index (χ1n) is 11.7. The van der Waals surface area contributed by atoms with Crippen LogP contribution in [0.3, 0.4) is 0 Å². The van der Waals surface area contributed by atoms with Gasteiger partial charge in [0, 0.05) is 30.7 Å². The standard InChI is InChI=1S/C26H23FN8O2S/c1-14-29-13-24(35(14)2)20-4-5-21-25(32-20)26(34-33-21)22-9-18-19(11-28-12-23(18)31-22)16-6-15(7-17(27)8-16)10-30-38(3,36)37/h4-9,11-13,30-31H,10H2,1-3H3,(H,33,34). The number of aryl methyl sites for hydroxylation is 1. The number of hydrogen-bond donors (Lipinski definition) is 3. The highest BCUT2D eigenvalue weighted by atomic mass is 32.2. The van der Waals surface area contributed by atoms with Gasteiger partial charge in [0.25, 0.3) is 0 Å². The maximum Gasteiger partial charge on any atom is 0.209 e. The van der Waals surface area contributed by atoms with E-state index in [0.29, 0.717) is 27.9 Å². The van der Waals surface area contributed by atoms with Gasteiger partial charge in [-0.1, -0.05) is 0 Å². The van der Waals surface area contributed by atoms with Gasteiger partial charge in [-0.05, 0) is 54.4 Å². The molecule has 0 amide bonds. The lowest BCUT2D eigenvalue weighted by atomic mass is 10.0. The van der Waals surface area contributed by atoms with Crippen LogP contribution in [0.25, 0.3) is 55.8 Å². The first-order chi connectivity index (χ1) is 18.2. The maximum atomic E-state index is 14.5. The molecule has 0 saturated heterocycles. The molecule has 0 aliphatic heterocycles. The number of hydrogen-bond acceptors (Lipinski definition) is 6. The van der Waals surface area contributed by atoms with E-state index in [-0.39, 0.29) is 6.54 Å². The highest BCUT2D eigenvalue weighted by Gasteiger charge is 2.17. The number of aromatic amines is 2. The summed E-state index contributed by atoms with van der Waals surface area (Å²) >= 11 is 0. The molecule has 0 unspecified atom stereocenters. The van der Waals surface area contributed by atoms with Crippen molar-refractivity contribution in [3.63, 3.8) is 0 Å². The monoisotopic (exact) mass is 530 g/mol. The van der Waals surface area contributed by atoms with E-state index >= 15 is 0 Å². The number of nitrogens with zero attached hydrogens (tertiary/aromatic N) is 5. The van der Waals surface area contributed by atoms with E-state index in [1.807, 2.05) is 36.7 Å². The number of halogens is 1. The fraction of sp³-hybridized carbons (Fsp3) is 0.154. The summed E-state index contributed by atoms with van der Waals surface area (Å²) in [6.07, 6.45) is 6.21. The van der Waals surface area contributed by atoms with Crippen molar-refractivity contribution in [1.82, 2.24) is 39.4 Å². The van der Waals surface area contributed by atoms with Crippen LogP contribution in [0.1, 0.15) is 11.4 Å². The van der Waals surface area contributed by atoms with Gasteiger partial charge in [-0.2, -0.15) is 5.10 Å². The Bertz CT molecular complexity index is 1960. The van der Waals surface area contributed by atoms with Crippen molar-refractivity contribution in [2.75, 3.05) is 6.26 Å². The summed E-state index contributed by atoms with van der Waals surface area (Å²) in [7, 11) is -1.47. The van der Waals surface area contributed by atoms with Crippen LogP contribution in [0, 0.1) is 12.7 Å². The Morgan fingerprint density at radius 2 is 1.92 bits per heavy atom. The fourth-order valence-electron chi connectivity index (χ4n) is 4.50. The summed E-state index contributed by atoms with van der Waals surface area (Å²) in [5.74, 6) is 0.415. The summed E-state index contributed by atoms with van der Waals surface area (Å²) in [5.41, 5.74) is 7.04. The van der Waals surface area contributed by atoms with Crippen molar-refractivity contribution in [3.8, 4) is 33.9 Å². The lowest BCUT2D eigenvalue weighted by Gasteiger charge is -2.08. The zero-order valence-corrected chi connectivity index (χ0v) is 21.6. The highest BCUT2D eigenvalue weighted by Crippen LogP contribution is 2.34. The Morgan fingerprint density at radius 3 is 2.68 bits per heavy atom. The second kappa shape index (κ2) is 8.85. The van der Waals surface area contributed by atoms with E-state index in [1.54, 1.807) is 24.7 Å². The Labute approximate surface area is 217 Å². The molecule has 10 nitrogen and oxygen atoms in total. The molecule has 6 rings (SSSR count). The third-order valence-electron chi connectivity index (χ3n) is 6.50. The summed E-state index contributed by atoms with van der Waals surface area (Å²) < 4.78 is 41.9. The van der Waals surface area contributed by atoms with Crippen molar-refractivity contribution in [2.24, 2.45) is 7.05 Å². The molecule has 5 heterocycles. The molecule has 1 aromatic carbocycles. The van der Waals surface area contributed by atoms with E-state index in [4.69, 9.17) is 4.98 Å². The van der Waals surface area contributed by atoms with Crippen molar-refractivity contribution >= 4 is 32.0 Å². The van der Waals surface area contributed by atoms with E-state index in [0.717, 1.165) is 45.6 Å². The Morgan fingerprint density at radius 1 is 1.08 bits per heavy atom. The molecule has 3 N–H and O–H groups in total. The SMILES string of the molecule is Cc1ncc(-c2ccc3[nH]nc(-c4cc5c(-c6cc(F)cc(CNS(C)(=O)=O)c6)cncc5[nH]4)c3n2)n1C. The first-order valence-corrected chi connectivity index (χ1v) is 13.6. The average molecular weight is 531 g/mol. The number of pyridine rings is 2. The lowest BCUT2D eigenvalue weighted by Crippen LogP contribution is -2.21. The quantitative estimate of drug-likeness (QED) is 0.297. The molecule has 0 aliphatic rings. The summed E-state index contributed by atoms with van der Waals surface area (Å²) in [6.45, 7) is 1.92. The van der Waals surface area contributed by atoms with Crippen LogP contribution in [-0.2, 0) is 23.6 Å². The van der Waals surface area contributed by atoms with Gasteiger partial charge in [0.15, 0.2) is 0 Å². The smallest absolute Gasteiger partial charge is 0.209 e. The van der Waals surface area contributed by atoms with Gasteiger partial charge < -0.3 is 9.55 Å². The highest BCUT2D eigenvalue weighted by molar-refractivity contribution is 7.88. The zero-order chi connectivity index (χ0) is 26.6. The molecule has 0 radical (unpaired) electrons. The fourth-order valence-corrected chi connectivity index (χ4v) is 4.93. The Kier molecular flexibility index (Phi) is 5.58. The van der Waals surface area contributed by atoms with Crippen LogP contribution in [0.5, 0.6) is 0 Å². The third-order valence-corrected chi connectivity index (χ3v) is 7.17. The van der Waals surface area contributed by atoms with Crippen LogP contribution in [0.2, 0.25) is 0 Å². The van der Waals surface area contributed by atoms with E-state index in [2.05, 4.69) is 29.9 Å². The van der Waals surface area contributed by atoms with E-state index in [1.165, 1.54) is 12.1 Å². The van der Waals surface area contributed by atoms with Crippen LogP contribution >= 0.6 is 0 Å². The summed E-state index contributed by atoms with van der Waals surface area (Å²) in [4.78, 5) is 16.9. The Hall–Kier alpha value is -4.42. The van der Waals surface area contributed by atoms with Crippen LogP contribution in [0.4, 0.5) is 4.39 Å². The Balaban J connectivity index is 1.44. The van der Waals surface area contributed by atoms with Gasteiger partial charge in [-0.15, -0.1) is 0 Å². The number of nitrogens with one attached hydrogen (secondary N) is 3. The summed E-state index contributed by atoms with van der Waals surface area (Å²) in [5, 5.41) is 8.37. The molecule has 12 heteroatoms. The second-order valence-electron chi connectivity index (χ2n) is 9.19. The van der Waals surface area contributed by atoms with Crippen LogP contribution in [-0.4, -0.2) is 49.4 Å². The number of aromatic nitrogens is 7. The average Bonchev–Trinajstić information content (AvgIpc) is 3.58. The number of sulfonamides is 1. The predicted molar refractivity (Wildman–Crippen MR) is 143 cm³/mol. The normalized spacial score (nSPS) is 12.1. The van der Waals surface area contributed by atoms with Crippen molar-refractivity contribution in [3.05, 3.63) is 72.2 Å². The molecule has 6 aromatic rings. The zero-order valence-electron chi connectivity index (χ0n) is 20.7. The minimum Gasteiger partial charge on any atom is -0.352 e. The van der Waals surface area contributed by atoms with E-state index < -0.39 is 15.8 Å². The molecule has 0 aliphatic carbocycles. The number of fused-ring (bicyclic) bond motifs is 2. The molecular weight excluding hydrogens is 507 g/mol. The molecule has 0 atom stereocenters. The number of benzene rings is 1. The molecule has 0 fully saturated rings. The van der Waals surface area contributed by atoms with Crippen molar-refractivity contribution in [2.45, 2.75) is 13.5 Å². The largest absolute Gasteiger partial charge is 0.352 e. The van der Waals surface area contributed by atoms with Crippen LogP contribution < -0.4 is 4.72 Å². The van der Waals surface area contributed by atoms with Gasteiger partial charge in [0.05, 0.1) is 46.8 Å². The molecule has 0 bridgehead atoms. The molecule has 0 spiro atoms. The van der Waals surface area contributed by atoms with Crippen molar-refractivity contribution in [1.29, 1.82) is 0 Å². The van der Waals surface area contributed by atoms with Gasteiger partial charge >= 0.3 is 0 Å². The summed E-state index contributed by atoms with van der Waals surface area (Å²) in [6, 6.07) is 10.3. The maximum absolute atomic E-state index is 14.5. The van der Waals surface area contributed by atoms with Gasteiger partial charge in [-0.3, -0.25) is 10.1 Å². The molecular formula is C26H23FN8O2S. The topological polar surface area (TPSA) is 134 Å². The van der Waals surface area contributed by atoms with Crippen LogP contribution in [0.15, 0.2) is 55.0 Å². The lowest BCUT2D eigenvalue weighted by molar-refractivity contribution is 0.586. The second-order valence-corrected chi connectivity index (χ2v) is 11.0. The van der Waals surface area contributed by atoms with E-state index in [9.17, 15) is 12.8 Å². The predicted octanol–water partition coefficient (Wildman–Crippen LogP) is 4.07. The van der Waals surface area contributed by atoms with Gasteiger partial charge in [0.1, 0.15) is 22.9 Å². The van der Waals surface area contributed by atoms with Gasteiger partial charge in [-0.25, -0.2) is 27.5 Å².